The van der Waals surface area contributed by atoms with E-state index < -0.39 is 0 Å². The first kappa shape index (κ1) is 8.96. The van der Waals surface area contributed by atoms with E-state index in [0.717, 1.165) is 11.5 Å². The first-order valence-electron chi connectivity index (χ1n) is 5.79. The van der Waals surface area contributed by atoms with Gasteiger partial charge in [-0.1, -0.05) is 6.07 Å². The summed E-state index contributed by atoms with van der Waals surface area (Å²) in [6.07, 6.45) is 6.18. The molecule has 1 fully saturated rings. The molecule has 0 aromatic heterocycles. The first-order chi connectivity index (χ1) is 7.33. The highest BCUT2D eigenvalue weighted by Gasteiger charge is 2.25. The summed E-state index contributed by atoms with van der Waals surface area (Å²) < 4.78 is 0. The molecule has 15 heavy (non-hydrogen) atoms. The molecule has 0 spiro atoms. The molecule has 0 saturated heterocycles. The standard InChI is InChI=1S/C13H16N2/c14-13(10-4-5-10)15-12-7-6-9-2-1-3-11(9)8-12/h6-8,10H,1-5H2,(H2,14,15). The van der Waals surface area contributed by atoms with Gasteiger partial charge in [-0.05, 0) is 55.4 Å². The Labute approximate surface area is 90.2 Å². The van der Waals surface area contributed by atoms with Gasteiger partial charge in [-0.3, -0.25) is 0 Å². The van der Waals surface area contributed by atoms with E-state index in [2.05, 4.69) is 23.2 Å². The number of aryl methyl sites for hydroxylation is 2. The molecule has 0 amide bonds. The van der Waals surface area contributed by atoms with Gasteiger partial charge in [0.15, 0.2) is 0 Å². The fraction of sp³-hybridized carbons (Fsp3) is 0.462. The minimum atomic E-state index is 0.568. The van der Waals surface area contributed by atoms with E-state index in [1.807, 2.05) is 0 Å². The van der Waals surface area contributed by atoms with Crippen molar-refractivity contribution in [1.29, 1.82) is 0 Å². The van der Waals surface area contributed by atoms with Gasteiger partial charge in [0.2, 0.25) is 0 Å². The summed E-state index contributed by atoms with van der Waals surface area (Å²) in [6.45, 7) is 0. The molecule has 0 heterocycles. The second kappa shape index (κ2) is 3.37. The molecule has 1 aromatic rings. The lowest BCUT2D eigenvalue weighted by Gasteiger charge is -2.02. The minimum Gasteiger partial charge on any atom is -0.387 e. The van der Waals surface area contributed by atoms with Crippen LogP contribution in [0, 0.1) is 5.92 Å². The lowest BCUT2D eigenvalue weighted by Crippen LogP contribution is -2.13. The van der Waals surface area contributed by atoms with Gasteiger partial charge >= 0.3 is 0 Å². The van der Waals surface area contributed by atoms with Crippen LogP contribution in [0.15, 0.2) is 23.2 Å². The summed E-state index contributed by atoms with van der Waals surface area (Å²) >= 11 is 0. The second-order valence-corrected chi connectivity index (χ2v) is 4.62. The number of fused-ring (bicyclic) bond motifs is 1. The predicted molar refractivity (Wildman–Crippen MR) is 62.5 cm³/mol. The van der Waals surface area contributed by atoms with Crippen LogP contribution in [0.25, 0.3) is 0 Å². The third kappa shape index (κ3) is 1.76. The highest BCUT2D eigenvalue weighted by molar-refractivity contribution is 5.87. The molecule has 1 aromatic carbocycles. The van der Waals surface area contributed by atoms with Crippen molar-refractivity contribution in [3.8, 4) is 0 Å². The SMILES string of the molecule is NC(=Nc1ccc2c(c1)CCC2)C1CC1. The number of amidine groups is 1. The molecule has 3 rings (SSSR count). The van der Waals surface area contributed by atoms with Crippen LogP contribution in [0.4, 0.5) is 5.69 Å². The molecule has 0 radical (unpaired) electrons. The van der Waals surface area contributed by atoms with Crippen LogP contribution >= 0.6 is 0 Å². The van der Waals surface area contributed by atoms with Crippen molar-refractivity contribution in [2.24, 2.45) is 16.6 Å². The van der Waals surface area contributed by atoms with Gasteiger partial charge in [-0.2, -0.15) is 0 Å². The molecule has 2 heteroatoms. The van der Waals surface area contributed by atoms with Crippen LogP contribution in [0.5, 0.6) is 0 Å². The lowest BCUT2D eigenvalue weighted by atomic mass is 10.1. The van der Waals surface area contributed by atoms with Gasteiger partial charge in [0, 0.05) is 5.92 Å². The van der Waals surface area contributed by atoms with Gasteiger partial charge in [-0.25, -0.2) is 4.99 Å². The van der Waals surface area contributed by atoms with Crippen molar-refractivity contribution in [1.82, 2.24) is 0 Å². The summed E-state index contributed by atoms with van der Waals surface area (Å²) in [7, 11) is 0. The van der Waals surface area contributed by atoms with E-state index in [4.69, 9.17) is 5.73 Å². The van der Waals surface area contributed by atoms with Crippen molar-refractivity contribution in [2.45, 2.75) is 32.1 Å². The lowest BCUT2D eigenvalue weighted by molar-refractivity contribution is 0.912. The largest absolute Gasteiger partial charge is 0.387 e. The number of nitrogens with two attached hydrogens (primary N) is 1. The van der Waals surface area contributed by atoms with Gasteiger partial charge in [-0.15, -0.1) is 0 Å². The Hall–Kier alpha value is -1.31. The molecule has 2 N–H and O–H groups in total. The normalized spacial score (nSPS) is 20.4. The maximum absolute atomic E-state index is 5.91. The average molecular weight is 200 g/mol. The topological polar surface area (TPSA) is 38.4 Å². The van der Waals surface area contributed by atoms with Crippen molar-refractivity contribution in [3.05, 3.63) is 29.3 Å². The Morgan fingerprint density at radius 2 is 2.00 bits per heavy atom. The van der Waals surface area contributed by atoms with E-state index in [1.54, 1.807) is 0 Å². The molecule has 78 valence electrons. The summed E-state index contributed by atoms with van der Waals surface area (Å²) in [6, 6.07) is 6.51. The third-order valence-corrected chi connectivity index (χ3v) is 3.34. The zero-order chi connectivity index (χ0) is 10.3. The van der Waals surface area contributed by atoms with Gasteiger partial charge in [0.1, 0.15) is 5.84 Å². The summed E-state index contributed by atoms with van der Waals surface area (Å²) in [4.78, 5) is 4.49. The highest BCUT2D eigenvalue weighted by Crippen LogP contribution is 2.31. The molecule has 0 unspecified atom stereocenters. The Morgan fingerprint density at radius 3 is 2.80 bits per heavy atom. The van der Waals surface area contributed by atoms with Crippen LogP contribution in [-0.4, -0.2) is 5.84 Å². The Morgan fingerprint density at radius 1 is 1.20 bits per heavy atom. The fourth-order valence-electron chi connectivity index (χ4n) is 2.25. The molecule has 2 aliphatic rings. The van der Waals surface area contributed by atoms with E-state index in [1.165, 1.54) is 43.2 Å². The third-order valence-electron chi connectivity index (χ3n) is 3.34. The molecule has 2 nitrogen and oxygen atoms in total. The highest BCUT2D eigenvalue weighted by atomic mass is 14.9. The van der Waals surface area contributed by atoms with E-state index in [0.29, 0.717) is 5.92 Å². The number of aliphatic imine (C=N–C) groups is 1. The zero-order valence-corrected chi connectivity index (χ0v) is 8.87. The van der Waals surface area contributed by atoms with Crippen molar-refractivity contribution >= 4 is 11.5 Å². The van der Waals surface area contributed by atoms with Crippen LogP contribution in [0.3, 0.4) is 0 Å². The maximum Gasteiger partial charge on any atom is 0.103 e. The second-order valence-electron chi connectivity index (χ2n) is 4.62. The fourth-order valence-corrected chi connectivity index (χ4v) is 2.25. The molecule has 0 aliphatic heterocycles. The van der Waals surface area contributed by atoms with E-state index in [-0.39, 0.29) is 0 Å². The van der Waals surface area contributed by atoms with Crippen LogP contribution < -0.4 is 5.73 Å². The monoisotopic (exact) mass is 200 g/mol. The predicted octanol–water partition coefficient (Wildman–Crippen LogP) is 2.57. The van der Waals surface area contributed by atoms with Gasteiger partial charge < -0.3 is 5.73 Å². The van der Waals surface area contributed by atoms with Crippen LogP contribution in [-0.2, 0) is 12.8 Å². The summed E-state index contributed by atoms with van der Waals surface area (Å²) in [5.74, 6) is 1.39. The molecule has 2 aliphatic carbocycles. The number of rotatable bonds is 2. The summed E-state index contributed by atoms with van der Waals surface area (Å²) in [5, 5.41) is 0. The van der Waals surface area contributed by atoms with E-state index >= 15 is 0 Å². The van der Waals surface area contributed by atoms with Crippen LogP contribution in [0.2, 0.25) is 0 Å². The Bertz CT molecular complexity index is 417. The Kier molecular flexibility index (Phi) is 2.01. The number of nitrogens with zero attached hydrogens (tertiary/aromatic N) is 1. The van der Waals surface area contributed by atoms with Crippen molar-refractivity contribution < 1.29 is 0 Å². The Balaban J connectivity index is 1.89. The zero-order valence-electron chi connectivity index (χ0n) is 8.87. The number of hydrogen-bond acceptors (Lipinski definition) is 1. The number of hydrogen-bond donors (Lipinski definition) is 1. The molecular weight excluding hydrogens is 184 g/mol. The first-order valence-corrected chi connectivity index (χ1v) is 5.79. The van der Waals surface area contributed by atoms with Crippen LogP contribution in [0.1, 0.15) is 30.4 Å². The average Bonchev–Trinajstić information content (AvgIpc) is 2.98. The summed E-state index contributed by atoms with van der Waals surface area (Å²) in [5.41, 5.74) is 9.92. The minimum absolute atomic E-state index is 0.568. The smallest absolute Gasteiger partial charge is 0.103 e. The van der Waals surface area contributed by atoms with E-state index in [9.17, 15) is 0 Å². The van der Waals surface area contributed by atoms with Crippen molar-refractivity contribution in [3.63, 3.8) is 0 Å². The molecule has 1 saturated carbocycles. The quantitative estimate of drug-likeness (QED) is 0.578. The maximum atomic E-state index is 5.91. The number of benzene rings is 1. The van der Waals surface area contributed by atoms with Gasteiger partial charge in [0.05, 0.1) is 5.69 Å². The molecule has 0 atom stereocenters. The van der Waals surface area contributed by atoms with Crippen molar-refractivity contribution in [2.75, 3.05) is 0 Å². The molecular formula is C13H16N2. The van der Waals surface area contributed by atoms with Gasteiger partial charge in [0.25, 0.3) is 0 Å². The molecule has 0 bridgehead atoms.